The van der Waals surface area contributed by atoms with Crippen molar-refractivity contribution in [2.45, 2.75) is 10.8 Å². The summed E-state index contributed by atoms with van der Waals surface area (Å²) in [5, 5.41) is 18.5. The molecule has 6 nitrogen and oxygen atoms in total. The van der Waals surface area contributed by atoms with Gasteiger partial charge < -0.3 is 10.1 Å². The number of anilines is 1. The maximum Gasteiger partial charge on any atom is 0.263 e. The summed E-state index contributed by atoms with van der Waals surface area (Å²) in [6.45, 7) is -0.197. The van der Waals surface area contributed by atoms with Crippen molar-refractivity contribution in [3.8, 4) is 17.5 Å². The van der Waals surface area contributed by atoms with Crippen LogP contribution in [-0.2, 0) is 10.5 Å². The highest BCUT2D eigenvalue weighted by Crippen LogP contribution is 2.33. The van der Waals surface area contributed by atoms with Crippen molar-refractivity contribution in [2.75, 3.05) is 11.9 Å². The van der Waals surface area contributed by atoms with Gasteiger partial charge in [0.15, 0.2) is 12.4 Å². The van der Waals surface area contributed by atoms with Crippen LogP contribution in [0, 0.1) is 11.3 Å². The molecule has 0 spiro atoms. The van der Waals surface area contributed by atoms with Crippen LogP contribution in [0.4, 0.5) is 5.82 Å². The number of amides is 1. The lowest BCUT2D eigenvalue weighted by molar-refractivity contribution is -0.118. The molecule has 0 saturated heterocycles. The van der Waals surface area contributed by atoms with E-state index in [2.05, 4.69) is 16.5 Å². The van der Waals surface area contributed by atoms with Crippen molar-refractivity contribution in [2.24, 2.45) is 0 Å². The van der Waals surface area contributed by atoms with Gasteiger partial charge in [-0.2, -0.15) is 10.4 Å². The number of hydrogen-bond donors (Lipinski definition) is 1. The molecular weight excluding hydrogens is 456 g/mol. The molecule has 1 heterocycles. The van der Waals surface area contributed by atoms with E-state index in [9.17, 15) is 10.1 Å². The zero-order valence-corrected chi connectivity index (χ0v) is 19.0. The van der Waals surface area contributed by atoms with Crippen molar-refractivity contribution in [1.29, 1.82) is 5.26 Å². The molecule has 4 rings (SSSR count). The second-order valence-electron chi connectivity index (χ2n) is 6.92. The second-order valence-corrected chi connectivity index (χ2v) is 8.29. The summed E-state index contributed by atoms with van der Waals surface area (Å²) in [4.78, 5) is 12.7. The Bertz CT molecular complexity index is 1290. The van der Waals surface area contributed by atoms with Crippen molar-refractivity contribution < 1.29 is 9.53 Å². The molecule has 0 radical (unpaired) electrons. The number of ether oxygens (including phenoxy) is 1. The minimum atomic E-state index is -0.393. The van der Waals surface area contributed by atoms with E-state index < -0.39 is 5.91 Å². The molecule has 3 aromatic carbocycles. The third kappa shape index (κ3) is 5.55. The van der Waals surface area contributed by atoms with Gasteiger partial charge in [-0.05, 0) is 35.9 Å². The molecule has 1 amide bonds. The van der Waals surface area contributed by atoms with E-state index in [1.165, 1.54) is 11.8 Å². The molecule has 0 aliphatic heterocycles. The molecule has 0 aliphatic carbocycles. The molecule has 164 valence electrons. The number of rotatable bonds is 8. The van der Waals surface area contributed by atoms with Crippen LogP contribution in [-0.4, -0.2) is 22.3 Å². The van der Waals surface area contributed by atoms with Crippen LogP contribution in [0.1, 0.15) is 11.1 Å². The van der Waals surface area contributed by atoms with E-state index >= 15 is 0 Å². The Balaban J connectivity index is 1.60. The summed E-state index contributed by atoms with van der Waals surface area (Å²) in [6.07, 6.45) is 0. The van der Waals surface area contributed by atoms with Gasteiger partial charge in [0.2, 0.25) is 0 Å². The number of carbonyl (C=O) groups is 1. The fraction of sp³-hybridized carbons (Fsp3) is 0.0800. The Labute approximate surface area is 200 Å². The molecular formula is C25H19ClN4O2S. The van der Waals surface area contributed by atoms with Crippen molar-refractivity contribution in [1.82, 2.24) is 9.78 Å². The zero-order valence-electron chi connectivity index (χ0n) is 17.4. The first-order valence-electron chi connectivity index (χ1n) is 10.1. The van der Waals surface area contributed by atoms with E-state index in [1.807, 2.05) is 72.8 Å². The van der Waals surface area contributed by atoms with Crippen LogP contribution in [0.15, 0.2) is 90.0 Å². The van der Waals surface area contributed by atoms with E-state index in [4.69, 9.17) is 16.3 Å². The molecule has 0 atom stereocenters. The molecule has 8 heteroatoms. The van der Waals surface area contributed by atoms with Crippen molar-refractivity contribution in [3.63, 3.8) is 0 Å². The maximum absolute atomic E-state index is 12.7. The van der Waals surface area contributed by atoms with Crippen LogP contribution < -0.4 is 10.1 Å². The highest BCUT2D eigenvalue weighted by Gasteiger charge is 2.22. The summed E-state index contributed by atoms with van der Waals surface area (Å²) in [5.41, 5.74) is 1.94. The van der Waals surface area contributed by atoms with Crippen molar-refractivity contribution >= 4 is 35.1 Å². The normalized spacial score (nSPS) is 10.4. The summed E-state index contributed by atoms with van der Waals surface area (Å²) in [5.74, 6) is 1.02. The van der Waals surface area contributed by atoms with Crippen molar-refractivity contribution in [3.05, 3.63) is 101 Å². The predicted molar refractivity (Wildman–Crippen MR) is 130 cm³/mol. The molecule has 0 bridgehead atoms. The average Bonchev–Trinajstić information content (AvgIpc) is 3.20. The quantitative estimate of drug-likeness (QED) is 0.331. The van der Waals surface area contributed by atoms with Crippen LogP contribution >= 0.6 is 23.4 Å². The third-order valence-electron chi connectivity index (χ3n) is 4.66. The minimum absolute atomic E-state index is 0.197. The Kier molecular flexibility index (Phi) is 7.30. The minimum Gasteiger partial charge on any atom is -0.484 e. The van der Waals surface area contributed by atoms with E-state index in [0.717, 1.165) is 11.3 Å². The number of nitriles is 1. The van der Waals surface area contributed by atoms with Crippen LogP contribution in [0.25, 0.3) is 5.69 Å². The Hall–Kier alpha value is -3.73. The molecule has 1 aromatic heterocycles. The molecule has 0 unspecified atom stereocenters. The van der Waals surface area contributed by atoms with Gasteiger partial charge in [-0.15, -0.1) is 0 Å². The first-order valence-corrected chi connectivity index (χ1v) is 11.4. The van der Waals surface area contributed by atoms with E-state index in [0.29, 0.717) is 27.4 Å². The standard InChI is InChI=1S/C25H19ClN4O2S/c26-22-14-8-7-9-18(22)17-33-25-21(15-27)24(30(29-25)19-10-3-1-4-11-19)28-23(31)16-32-20-12-5-2-6-13-20/h1-14H,16-17H2,(H,28,31). The van der Waals surface area contributed by atoms with Gasteiger partial charge in [0.05, 0.1) is 5.69 Å². The summed E-state index contributed by atoms with van der Waals surface area (Å²) in [7, 11) is 0. The molecule has 0 saturated carbocycles. The fourth-order valence-electron chi connectivity index (χ4n) is 3.07. The first kappa shape index (κ1) is 22.5. The Morgan fingerprint density at radius 2 is 1.70 bits per heavy atom. The monoisotopic (exact) mass is 474 g/mol. The highest BCUT2D eigenvalue weighted by molar-refractivity contribution is 7.98. The number of hydrogen-bond acceptors (Lipinski definition) is 5. The van der Waals surface area contributed by atoms with E-state index in [-0.39, 0.29) is 12.2 Å². The van der Waals surface area contributed by atoms with Gasteiger partial charge in [-0.1, -0.05) is 78.0 Å². The maximum atomic E-state index is 12.7. The van der Waals surface area contributed by atoms with Gasteiger partial charge in [0.1, 0.15) is 22.4 Å². The van der Waals surface area contributed by atoms with Gasteiger partial charge in [0.25, 0.3) is 5.91 Å². The molecule has 0 aliphatic rings. The van der Waals surface area contributed by atoms with E-state index in [1.54, 1.807) is 16.8 Å². The molecule has 33 heavy (non-hydrogen) atoms. The average molecular weight is 475 g/mol. The Morgan fingerprint density at radius 3 is 2.39 bits per heavy atom. The topological polar surface area (TPSA) is 79.9 Å². The number of carbonyl (C=O) groups excluding carboxylic acids is 1. The van der Waals surface area contributed by atoms with Crippen LogP contribution in [0.2, 0.25) is 5.02 Å². The SMILES string of the molecule is N#Cc1c(SCc2ccccc2Cl)nn(-c2ccccc2)c1NC(=O)COc1ccccc1. The summed E-state index contributed by atoms with van der Waals surface area (Å²) >= 11 is 7.66. The number of thioether (sulfide) groups is 1. The predicted octanol–water partition coefficient (Wildman–Crippen LogP) is 5.71. The zero-order chi connectivity index (χ0) is 23.0. The van der Waals surface area contributed by atoms with Gasteiger partial charge >= 0.3 is 0 Å². The van der Waals surface area contributed by atoms with Gasteiger partial charge in [0, 0.05) is 10.8 Å². The third-order valence-corrected chi connectivity index (χ3v) is 6.04. The molecule has 4 aromatic rings. The number of para-hydroxylation sites is 2. The number of aromatic nitrogens is 2. The number of halogens is 1. The van der Waals surface area contributed by atoms with Crippen LogP contribution in [0.3, 0.4) is 0 Å². The smallest absolute Gasteiger partial charge is 0.263 e. The van der Waals surface area contributed by atoms with Gasteiger partial charge in [-0.25, -0.2) is 4.68 Å². The number of benzene rings is 3. The van der Waals surface area contributed by atoms with Gasteiger partial charge in [-0.3, -0.25) is 4.79 Å². The fourth-order valence-corrected chi connectivity index (χ4v) is 4.32. The lowest BCUT2D eigenvalue weighted by atomic mass is 10.2. The lowest BCUT2D eigenvalue weighted by Crippen LogP contribution is -2.22. The number of nitrogens with zero attached hydrogens (tertiary/aromatic N) is 3. The lowest BCUT2D eigenvalue weighted by Gasteiger charge is -2.10. The molecule has 1 N–H and O–H groups in total. The molecule has 0 fully saturated rings. The summed E-state index contributed by atoms with van der Waals surface area (Å²) < 4.78 is 7.10. The number of nitrogens with one attached hydrogen (secondary N) is 1. The first-order chi connectivity index (χ1) is 16.2. The van der Waals surface area contributed by atoms with Crippen LogP contribution in [0.5, 0.6) is 5.75 Å². The Morgan fingerprint density at radius 1 is 1.03 bits per heavy atom. The highest BCUT2D eigenvalue weighted by atomic mass is 35.5. The summed E-state index contributed by atoms with van der Waals surface area (Å²) in [6, 6.07) is 28.1. The second kappa shape index (κ2) is 10.7. The largest absolute Gasteiger partial charge is 0.484 e.